The quantitative estimate of drug-likeness (QED) is 0.779. The van der Waals surface area contributed by atoms with Crippen molar-refractivity contribution in [2.24, 2.45) is 0 Å². The highest BCUT2D eigenvalue weighted by Gasteiger charge is 2.43. The molecule has 0 N–H and O–H groups in total. The Balaban J connectivity index is 1.93. The Morgan fingerprint density at radius 1 is 1.35 bits per heavy atom. The minimum absolute atomic E-state index is 0.0113. The minimum atomic E-state index is -0.424. The smallest absolute Gasteiger partial charge is 0.328 e. The van der Waals surface area contributed by atoms with Gasteiger partial charge in [-0.25, -0.2) is 4.79 Å². The first-order valence-electron chi connectivity index (χ1n) is 6.79. The highest BCUT2D eigenvalue weighted by Crippen LogP contribution is 2.41. The molecule has 1 aromatic rings. The summed E-state index contributed by atoms with van der Waals surface area (Å²) < 4.78 is 5.89. The predicted octanol–water partition coefficient (Wildman–Crippen LogP) is 2.60. The Kier molecular flexibility index (Phi) is 3.54. The number of ether oxygens (including phenoxy) is 1. The van der Waals surface area contributed by atoms with Gasteiger partial charge in [0.25, 0.3) is 0 Å². The second-order valence-electron chi connectivity index (χ2n) is 5.28. The zero-order chi connectivity index (χ0) is 14.3. The number of carbonyl (C=O) groups is 2. The minimum Gasteiger partial charge on any atom is -0.467 e. The zero-order valence-electron chi connectivity index (χ0n) is 11.3. The maximum Gasteiger partial charge on any atom is 0.328 e. The molecule has 20 heavy (non-hydrogen) atoms. The first kappa shape index (κ1) is 13.6. The SMILES string of the molecule is COC(=O)C1CCC(=O)N1C1CCc2cc(Br)ccc21. The van der Waals surface area contributed by atoms with E-state index < -0.39 is 6.04 Å². The van der Waals surface area contributed by atoms with Crippen molar-refractivity contribution in [3.05, 3.63) is 33.8 Å². The van der Waals surface area contributed by atoms with E-state index in [0.29, 0.717) is 12.8 Å². The average Bonchev–Trinajstić information content (AvgIpc) is 3.00. The van der Waals surface area contributed by atoms with Crippen LogP contribution >= 0.6 is 15.9 Å². The molecule has 0 saturated carbocycles. The topological polar surface area (TPSA) is 46.6 Å². The van der Waals surface area contributed by atoms with E-state index in [9.17, 15) is 9.59 Å². The first-order chi connectivity index (χ1) is 9.61. The second-order valence-corrected chi connectivity index (χ2v) is 6.19. The van der Waals surface area contributed by atoms with Crippen molar-refractivity contribution in [3.8, 4) is 0 Å². The van der Waals surface area contributed by atoms with E-state index in [2.05, 4.69) is 28.1 Å². The molecular formula is C15H16BrNO3. The molecule has 0 aromatic heterocycles. The van der Waals surface area contributed by atoms with Crippen molar-refractivity contribution in [2.75, 3.05) is 7.11 Å². The molecule has 1 aliphatic heterocycles. The standard InChI is InChI=1S/C15H16BrNO3/c1-20-15(19)13-6-7-14(18)17(13)12-5-2-9-8-10(16)3-4-11(9)12/h3-4,8,12-13H,2,5-7H2,1H3. The summed E-state index contributed by atoms with van der Waals surface area (Å²) in [7, 11) is 1.38. The van der Waals surface area contributed by atoms with E-state index in [1.54, 1.807) is 4.90 Å². The van der Waals surface area contributed by atoms with Gasteiger partial charge in [0.2, 0.25) is 5.91 Å². The van der Waals surface area contributed by atoms with Gasteiger partial charge in [-0.3, -0.25) is 4.79 Å². The van der Waals surface area contributed by atoms with E-state index in [-0.39, 0.29) is 17.9 Å². The molecule has 106 valence electrons. The van der Waals surface area contributed by atoms with Crippen LogP contribution in [0.4, 0.5) is 0 Å². The number of nitrogens with zero attached hydrogens (tertiary/aromatic N) is 1. The molecule has 5 heteroatoms. The number of likely N-dealkylation sites (tertiary alicyclic amines) is 1. The van der Waals surface area contributed by atoms with E-state index in [1.165, 1.54) is 12.7 Å². The number of carbonyl (C=O) groups excluding carboxylic acids is 2. The highest BCUT2D eigenvalue weighted by atomic mass is 79.9. The Labute approximate surface area is 126 Å². The van der Waals surface area contributed by atoms with E-state index in [1.807, 2.05) is 6.07 Å². The fourth-order valence-corrected chi connectivity index (χ4v) is 3.72. The van der Waals surface area contributed by atoms with Gasteiger partial charge >= 0.3 is 5.97 Å². The third-order valence-corrected chi connectivity index (χ3v) is 4.71. The third-order valence-electron chi connectivity index (χ3n) is 4.22. The summed E-state index contributed by atoms with van der Waals surface area (Å²) in [5.41, 5.74) is 2.42. The molecule has 1 fully saturated rings. The summed E-state index contributed by atoms with van der Waals surface area (Å²) >= 11 is 3.47. The van der Waals surface area contributed by atoms with Gasteiger partial charge in [0.05, 0.1) is 13.2 Å². The molecule has 3 rings (SSSR count). The van der Waals surface area contributed by atoms with Crippen LogP contribution < -0.4 is 0 Å². The number of methoxy groups -OCH3 is 1. The van der Waals surface area contributed by atoms with Crippen molar-refractivity contribution in [1.29, 1.82) is 0 Å². The van der Waals surface area contributed by atoms with Gasteiger partial charge in [0, 0.05) is 10.9 Å². The molecule has 2 unspecified atom stereocenters. The van der Waals surface area contributed by atoms with Gasteiger partial charge in [-0.2, -0.15) is 0 Å². The summed E-state index contributed by atoms with van der Waals surface area (Å²) in [4.78, 5) is 25.8. The molecule has 2 aliphatic rings. The summed E-state index contributed by atoms with van der Waals surface area (Å²) in [6.07, 6.45) is 2.82. The first-order valence-corrected chi connectivity index (χ1v) is 7.58. The number of amides is 1. The third kappa shape index (κ3) is 2.14. The lowest BCUT2D eigenvalue weighted by atomic mass is 10.1. The average molecular weight is 338 g/mol. The van der Waals surface area contributed by atoms with Crippen LogP contribution in [0.15, 0.2) is 22.7 Å². The molecule has 2 atom stereocenters. The molecule has 0 radical (unpaired) electrons. The largest absolute Gasteiger partial charge is 0.467 e. The van der Waals surface area contributed by atoms with Crippen molar-refractivity contribution in [1.82, 2.24) is 4.90 Å². The molecule has 1 aliphatic carbocycles. The number of fused-ring (bicyclic) bond motifs is 1. The number of hydrogen-bond acceptors (Lipinski definition) is 3. The summed E-state index contributed by atoms with van der Waals surface area (Å²) in [5.74, 6) is -0.248. The maximum atomic E-state index is 12.2. The lowest BCUT2D eigenvalue weighted by Gasteiger charge is -2.29. The lowest BCUT2D eigenvalue weighted by molar-refractivity contribution is -0.150. The van der Waals surface area contributed by atoms with Gasteiger partial charge < -0.3 is 9.64 Å². The van der Waals surface area contributed by atoms with Gasteiger partial charge in [0.1, 0.15) is 6.04 Å². The summed E-state index contributed by atoms with van der Waals surface area (Å²) in [6, 6.07) is 5.73. The Hall–Kier alpha value is -1.36. The predicted molar refractivity (Wildman–Crippen MR) is 77.1 cm³/mol. The number of esters is 1. The molecule has 1 aromatic carbocycles. The Morgan fingerprint density at radius 3 is 2.90 bits per heavy atom. The van der Waals surface area contributed by atoms with E-state index >= 15 is 0 Å². The van der Waals surface area contributed by atoms with Crippen molar-refractivity contribution in [3.63, 3.8) is 0 Å². The molecule has 1 saturated heterocycles. The number of rotatable bonds is 2. The Morgan fingerprint density at radius 2 is 2.15 bits per heavy atom. The molecule has 1 amide bonds. The molecule has 4 nitrogen and oxygen atoms in total. The molecular weight excluding hydrogens is 322 g/mol. The van der Waals surface area contributed by atoms with Crippen LogP contribution in [-0.4, -0.2) is 29.9 Å². The number of hydrogen-bond donors (Lipinski definition) is 0. The van der Waals surface area contributed by atoms with Gasteiger partial charge in [-0.05, 0) is 42.5 Å². The normalized spacial score (nSPS) is 24.9. The number of aryl methyl sites for hydroxylation is 1. The highest BCUT2D eigenvalue weighted by molar-refractivity contribution is 9.10. The Bertz CT molecular complexity index is 572. The van der Waals surface area contributed by atoms with Crippen LogP contribution in [0, 0.1) is 0 Å². The molecule has 0 bridgehead atoms. The lowest BCUT2D eigenvalue weighted by Crippen LogP contribution is -2.41. The molecule has 0 spiro atoms. The summed E-state index contributed by atoms with van der Waals surface area (Å²) in [5, 5.41) is 0. The van der Waals surface area contributed by atoms with Crippen LogP contribution in [0.25, 0.3) is 0 Å². The van der Waals surface area contributed by atoms with Crippen LogP contribution in [0.5, 0.6) is 0 Å². The van der Waals surface area contributed by atoms with Crippen molar-refractivity contribution in [2.45, 2.75) is 37.8 Å². The van der Waals surface area contributed by atoms with Gasteiger partial charge in [-0.1, -0.05) is 22.0 Å². The van der Waals surface area contributed by atoms with Crippen LogP contribution in [-0.2, 0) is 20.7 Å². The fraction of sp³-hybridized carbons (Fsp3) is 0.467. The van der Waals surface area contributed by atoms with E-state index in [0.717, 1.165) is 22.9 Å². The van der Waals surface area contributed by atoms with E-state index in [4.69, 9.17) is 4.74 Å². The van der Waals surface area contributed by atoms with Crippen LogP contribution in [0.2, 0.25) is 0 Å². The van der Waals surface area contributed by atoms with Crippen LogP contribution in [0.1, 0.15) is 36.4 Å². The van der Waals surface area contributed by atoms with Gasteiger partial charge in [-0.15, -0.1) is 0 Å². The monoisotopic (exact) mass is 337 g/mol. The van der Waals surface area contributed by atoms with Crippen LogP contribution in [0.3, 0.4) is 0 Å². The van der Waals surface area contributed by atoms with Crippen molar-refractivity contribution >= 4 is 27.8 Å². The second kappa shape index (κ2) is 5.20. The zero-order valence-corrected chi connectivity index (χ0v) is 12.9. The number of halogens is 1. The summed E-state index contributed by atoms with van der Waals surface area (Å²) in [6.45, 7) is 0. The van der Waals surface area contributed by atoms with Gasteiger partial charge in [0.15, 0.2) is 0 Å². The fourth-order valence-electron chi connectivity index (χ4n) is 3.31. The maximum absolute atomic E-state index is 12.2. The van der Waals surface area contributed by atoms with Crippen molar-refractivity contribution < 1.29 is 14.3 Å². The number of benzene rings is 1. The molecule has 1 heterocycles.